The van der Waals surface area contributed by atoms with Crippen molar-refractivity contribution in [2.75, 3.05) is 6.54 Å². The van der Waals surface area contributed by atoms with Crippen LogP contribution in [0.5, 0.6) is 0 Å². The van der Waals surface area contributed by atoms with Gasteiger partial charge in [-0.15, -0.1) is 0 Å². The molecule has 3 amide bonds. The number of hydrogen-bond donors (Lipinski definition) is 5. The van der Waals surface area contributed by atoms with Gasteiger partial charge in [-0.25, -0.2) is 0 Å². The van der Waals surface area contributed by atoms with Crippen molar-refractivity contribution in [2.45, 2.75) is 44.7 Å². The van der Waals surface area contributed by atoms with Gasteiger partial charge in [0, 0.05) is 35.6 Å². The Hall–Kier alpha value is -4.21. The van der Waals surface area contributed by atoms with Crippen molar-refractivity contribution in [3.63, 3.8) is 0 Å². The summed E-state index contributed by atoms with van der Waals surface area (Å²) in [6.07, 6.45) is 3.54. The third kappa shape index (κ3) is 6.07. The molecule has 10 nitrogen and oxygen atoms in total. The first-order chi connectivity index (χ1) is 17.4. The lowest BCUT2D eigenvalue weighted by Gasteiger charge is -2.21. The van der Waals surface area contributed by atoms with E-state index in [1.54, 1.807) is 19.1 Å². The minimum atomic E-state index is -1.26. The Kier molecular flexibility index (Phi) is 7.62. The fourth-order valence-corrected chi connectivity index (χ4v) is 3.91. The molecule has 10 heteroatoms. The van der Waals surface area contributed by atoms with Crippen LogP contribution in [0.2, 0.25) is 0 Å². The van der Waals surface area contributed by atoms with E-state index in [0.717, 1.165) is 23.7 Å². The molecule has 0 bridgehead atoms. The molecule has 2 unspecified atom stereocenters. The van der Waals surface area contributed by atoms with Crippen molar-refractivity contribution in [3.8, 4) is 0 Å². The number of amides is 3. The van der Waals surface area contributed by atoms with Crippen LogP contribution in [0.1, 0.15) is 42.2 Å². The van der Waals surface area contributed by atoms with Gasteiger partial charge in [0.05, 0.1) is 0 Å². The summed E-state index contributed by atoms with van der Waals surface area (Å²) in [5.74, 6) is -2.38. The number of carbonyl (C=O) groups is 4. The molecule has 0 spiro atoms. The Bertz CT molecular complexity index is 1310. The molecule has 1 fully saturated rings. The second kappa shape index (κ2) is 11.0. The highest BCUT2D eigenvalue weighted by Gasteiger charge is 2.32. The van der Waals surface area contributed by atoms with Crippen molar-refractivity contribution < 1.29 is 19.2 Å². The first-order valence-electron chi connectivity index (χ1n) is 12.0. The van der Waals surface area contributed by atoms with Crippen LogP contribution in [0, 0.1) is 5.92 Å². The molecule has 1 aliphatic carbocycles. The van der Waals surface area contributed by atoms with Gasteiger partial charge >= 0.3 is 0 Å². The molecule has 2 aromatic heterocycles. The predicted octanol–water partition coefficient (Wildman–Crippen LogP) is 1.19. The zero-order chi connectivity index (χ0) is 25.7. The van der Waals surface area contributed by atoms with Crippen LogP contribution in [-0.2, 0) is 20.8 Å². The van der Waals surface area contributed by atoms with Gasteiger partial charge in [0.25, 0.3) is 17.4 Å². The Labute approximate surface area is 207 Å². The number of aromatic nitrogens is 2. The number of nitrogens with one attached hydrogen (secondary N) is 5. The van der Waals surface area contributed by atoms with Crippen molar-refractivity contribution in [1.29, 1.82) is 0 Å². The smallest absolute Gasteiger partial charge is 0.289 e. The molecule has 0 aliphatic heterocycles. The highest BCUT2D eigenvalue weighted by Crippen LogP contribution is 2.27. The van der Waals surface area contributed by atoms with E-state index in [4.69, 9.17) is 0 Å². The second-order valence-corrected chi connectivity index (χ2v) is 9.01. The summed E-state index contributed by atoms with van der Waals surface area (Å²) >= 11 is 0. The standard InChI is InChI=1S/C26H29N5O5/c1-2-18(30-25(35)21-12-16-6-3-4-8-19(16)29-21)24(34)31-20(13-17-7-5-11-27-23(17)33)22(32)26(36)28-14-15-9-10-15/h3-8,11-12,15,18,20,29H,2,9-10,13-14H2,1H3,(H,27,33)(H,28,36)(H,30,35)(H,31,34). The number of ketones is 1. The van der Waals surface area contributed by atoms with Gasteiger partial charge in [0.2, 0.25) is 11.7 Å². The summed E-state index contributed by atoms with van der Waals surface area (Å²) in [4.78, 5) is 69.1. The highest BCUT2D eigenvalue weighted by atomic mass is 16.2. The summed E-state index contributed by atoms with van der Waals surface area (Å²) in [7, 11) is 0. The van der Waals surface area contributed by atoms with Crippen LogP contribution < -0.4 is 21.5 Å². The number of carbonyl (C=O) groups excluding carboxylic acids is 4. The largest absolute Gasteiger partial charge is 0.351 e. The maximum absolute atomic E-state index is 13.1. The molecule has 0 radical (unpaired) electrons. The third-order valence-electron chi connectivity index (χ3n) is 6.23. The average molecular weight is 492 g/mol. The Morgan fingerprint density at radius 2 is 1.81 bits per heavy atom. The summed E-state index contributed by atoms with van der Waals surface area (Å²) in [5.41, 5.74) is 0.921. The van der Waals surface area contributed by atoms with E-state index < -0.39 is 41.1 Å². The number of H-pyrrole nitrogens is 2. The highest BCUT2D eigenvalue weighted by molar-refractivity contribution is 6.38. The zero-order valence-electron chi connectivity index (χ0n) is 19.9. The van der Waals surface area contributed by atoms with Gasteiger partial charge in [0.1, 0.15) is 17.8 Å². The van der Waals surface area contributed by atoms with Gasteiger partial charge in [-0.1, -0.05) is 31.2 Å². The number of benzene rings is 1. The maximum atomic E-state index is 13.1. The first-order valence-corrected chi connectivity index (χ1v) is 12.0. The minimum Gasteiger partial charge on any atom is -0.351 e. The van der Waals surface area contributed by atoms with Gasteiger partial charge in [-0.2, -0.15) is 0 Å². The quantitative estimate of drug-likeness (QED) is 0.255. The Balaban J connectivity index is 1.47. The summed E-state index contributed by atoms with van der Waals surface area (Å²) in [6, 6.07) is 10.0. The van der Waals surface area contributed by atoms with Crippen molar-refractivity contribution >= 4 is 34.4 Å². The van der Waals surface area contributed by atoms with Gasteiger partial charge in [-0.05, 0) is 43.4 Å². The average Bonchev–Trinajstić information content (AvgIpc) is 3.61. The van der Waals surface area contributed by atoms with Crippen LogP contribution in [0.4, 0.5) is 0 Å². The number of para-hydroxylation sites is 1. The van der Waals surface area contributed by atoms with Crippen LogP contribution in [-0.4, -0.2) is 52.1 Å². The van der Waals surface area contributed by atoms with E-state index in [9.17, 15) is 24.0 Å². The van der Waals surface area contributed by atoms with E-state index in [-0.39, 0.29) is 18.4 Å². The second-order valence-electron chi connectivity index (χ2n) is 9.01. The van der Waals surface area contributed by atoms with E-state index in [2.05, 4.69) is 25.9 Å². The van der Waals surface area contributed by atoms with Crippen LogP contribution in [0.25, 0.3) is 10.9 Å². The number of Topliss-reactive ketones (excluding diaryl/α,β-unsaturated/α-hetero) is 1. The summed E-state index contributed by atoms with van der Waals surface area (Å²) < 4.78 is 0. The monoisotopic (exact) mass is 491 g/mol. The number of pyridine rings is 1. The first kappa shape index (κ1) is 24.9. The molecular weight excluding hydrogens is 462 g/mol. The van der Waals surface area contributed by atoms with Crippen molar-refractivity contribution in [2.24, 2.45) is 5.92 Å². The molecule has 1 aromatic carbocycles. The topological polar surface area (TPSA) is 153 Å². The molecule has 188 valence electrons. The third-order valence-corrected chi connectivity index (χ3v) is 6.23. The Morgan fingerprint density at radius 3 is 2.50 bits per heavy atom. The molecular formula is C26H29N5O5. The lowest BCUT2D eigenvalue weighted by Crippen LogP contribution is -2.54. The van der Waals surface area contributed by atoms with Crippen molar-refractivity contribution in [1.82, 2.24) is 25.9 Å². The molecule has 36 heavy (non-hydrogen) atoms. The molecule has 3 aromatic rings. The number of fused-ring (bicyclic) bond motifs is 1. The van der Waals surface area contributed by atoms with E-state index in [0.29, 0.717) is 18.2 Å². The number of hydrogen-bond acceptors (Lipinski definition) is 5. The molecule has 0 saturated heterocycles. The Morgan fingerprint density at radius 1 is 1.03 bits per heavy atom. The number of rotatable bonds is 11. The van der Waals surface area contributed by atoms with Gasteiger partial charge in [-0.3, -0.25) is 24.0 Å². The molecule has 2 heterocycles. The zero-order valence-corrected chi connectivity index (χ0v) is 19.9. The normalized spacial score (nSPS) is 14.6. The van der Waals surface area contributed by atoms with Crippen molar-refractivity contribution in [3.05, 3.63) is 70.3 Å². The van der Waals surface area contributed by atoms with Gasteiger partial charge < -0.3 is 25.9 Å². The number of aromatic amines is 2. The van der Waals surface area contributed by atoms with Gasteiger partial charge in [0.15, 0.2) is 0 Å². The molecule has 2 atom stereocenters. The summed E-state index contributed by atoms with van der Waals surface area (Å²) in [5, 5.41) is 8.73. The fourth-order valence-electron chi connectivity index (χ4n) is 3.91. The predicted molar refractivity (Wildman–Crippen MR) is 133 cm³/mol. The molecule has 4 rings (SSSR count). The molecule has 1 aliphatic rings. The molecule has 5 N–H and O–H groups in total. The SMILES string of the molecule is CCC(NC(=O)c1cc2ccccc2[nH]1)C(=O)NC(Cc1ccc[nH]c1=O)C(=O)C(=O)NCC1CC1. The lowest BCUT2D eigenvalue weighted by atomic mass is 10.0. The van der Waals surface area contributed by atoms with E-state index in [1.807, 2.05) is 24.3 Å². The van der Waals surface area contributed by atoms with Crippen LogP contribution in [0.3, 0.4) is 0 Å². The van der Waals surface area contributed by atoms with Crippen LogP contribution >= 0.6 is 0 Å². The van der Waals surface area contributed by atoms with E-state index in [1.165, 1.54) is 12.3 Å². The minimum absolute atomic E-state index is 0.163. The lowest BCUT2D eigenvalue weighted by molar-refractivity contribution is -0.140. The maximum Gasteiger partial charge on any atom is 0.289 e. The van der Waals surface area contributed by atoms with Crippen LogP contribution in [0.15, 0.2) is 53.5 Å². The summed E-state index contributed by atoms with van der Waals surface area (Å²) in [6.45, 7) is 2.12. The van der Waals surface area contributed by atoms with E-state index >= 15 is 0 Å². The fraction of sp³-hybridized carbons (Fsp3) is 0.346. The molecule has 1 saturated carbocycles.